The van der Waals surface area contributed by atoms with E-state index in [4.69, 9.17) is 9.41 Å². The van der Waals surface area contributed by atoms with Crippen LogP contribution in [0.5, 0.6) is 5.75 Å². The molecule has 4 aromatic rings. The van der Waals surface area contributed by atoms with E-state index >= 15 is 0 Å². The number of rotatable bonds is 2. The monoisotopic (exact) mass is 313 g/mol. The van der Waals surface area contributed by atoms with Gasteiger partial charge in [0, 0.05) is 17.0 Å². The first-order valence-corrected chi connectivity index (χ1v) is 7.72. The van der Waals surface area contributed by atoms with E-state index in [2.05, 4.69) is 0 Å². The van der Waals surface area contributed by atoms with Crippen molar-refractivity contribution < 1.29 is 9.52 Å². The molecule has 1 heterocycles. The number of aromatic hydroxyl groups is 1. The highest BCUT2D eigenvalue weighted by atomic mass is 16.3. The van der Waals surface area contributed by atoms with Gasteiger partial charge in [-0.05, 0) is 48.5 Å². The van der Waals surface area contributed by atoms with Crippen LogP contribution in [0.25, 0.3) is 22.3 Å². The van der Waals surface area contributed by atoms with Crippen LogP contribution in [0.2, 0.25) is 0 Å². The molecule has 3 nitrogen and oxygen atoms in total. The van der Waals surface area contributed by atoms with E-state index in [1.54, 1.807) is 12.1 Å². The predicted octanol–water partition coefficient (Wildman–Crippen LogP) is 5.04. The van der Waals surface area contributed by atoms with Crippen LogP contribution >= 0.6 is 0 Å². The maximum absolute atomic E-state index is 9.48. The maximum atomic E-state index is 9.48. The lowest BCUT2D eigenvalue weighted by Crippen LogP contribution is -2.02. The predicted molar refractivity (Wildman–Crippen MR) is 95.0 cm³/mol. The molecule has 0 amide bonds. The van der Waals surface area contributed by atoms with Crippen LogP contribution in [-0.4, -0.2) is 5.11 Å². The van der Waals surface area contributed by atoms with Gasteiger partial charge in [0.05, 0.1) is 11.0 Å². The average Bonchev–Trinajstić information content (AvgIpc) is 2.63. The molecule has 0 fully saturated rings. The second-order valence-corrected chi connectivity index (χ2v) is 5.49. The summed E-state index contributed by atoms with van der Waals surface area (Å²) in [7, 11) is 0. The van der Waals surface area contributed by atoms with Gasteiger partial charge in [0.1, 0.15) is 17.1 Å². The first-order valence-electron chi connectivity index (χ1n) is 7.72. The molecule has 0 aliphatic rings. The van der Waals surface area contributed by atoms with Crippen molar-refractivity contribution in [3.05, 3.63) is 90.3 Å². The number of fused-ring (bicyclic) bond motifs is 1. The quantitative estimate of drug-likeness (QED) is 0.563. The number of para-hydroxylation sites is 2. The van der Waals surface area contributed by atoms with Crippen molar-refractivity contribution >= 4 is 16.7 Å². The molecule has 3 heteroatoms. The highest BCUT2D eigenvalue weighted by molar-refractivity contribution is 5.78. The Morgan fingerprint density at radius 3 is 2.25 bits per heavy atom. The zero-order valence-electron chi connectivity index (χ0n) is 12.9. The average molecular weight is 313 g/mol. The standard InChI is InChI=1S/C21H15NO2/c23-17-12-10-15(11-13-17)21-14-19(22-16-6-2-1-3-7-16)18-8-4-5-9-20(18)24-21/h1-14,23H. The number of hydrogen-bond acceptors (Lipinski definition) is 3. The molecule has 0 atom stereocenters. The molecule has 0 unspecified atom stereocenters. The Bertz CT molecular complexity index is 1050. The highest BCUT2D eigenvalue weighted by Crippen LogP contribution is 2.24. The van der Waals surface area contributed by atoms with Crippen LogP contribution in [0, 0.1) is 0 Å². The summed E-state index contributed by atoms with van der Waals surface area (Å²) in [4.78, 5) is 4.76. The lowest BCUT2D eigenvalue weighted by atomic mass is 10.1. The van der Waals surface area contributed by atoms with E-state index in [1.807, 2.05) is 72.8 Å². The van der Waals surface area contributed by atoms with Crippen LogP contribution in [0.4, 0.5) is 5.69 Å². The summed E-state index contributed by atoms with van der Waals surface area (Å²) in [6.07, 6.45) is 0. The first-order chi connectivity index (χ1) is 11.8. The van der Waals surface area contributed by atoms with E-state index in [0.717, 1.165) is 27.6 Å². The van der Waals surface area contributed by atoms with Gasteiger partial charge >= 0.3 is 0 Å². The minimum Gasteiger partial charge on any atom is -0.508 e. The third-order valence-electron chi connectivity index (χ3n) is 3.81. The van der Waals surface area contributed by atoms with Crippen molar-refractivity contribution in [3.63, 3.8) is 0 Å². The topological polar surface area (TPSA) is 45.7 Å². The van der Waals surface area contributed by atoms with E-state index in [1.165, 1.54) is 0 Å². The largest absolute Gasteiger partial charge is 0.508 e. The van der Waals surface area contributed by atoms with Crippen LogP contribution in [-0.2, 0) is 0 Å². The molecule has 0 radical (unpaired) electrons. The lowest BCUT2D eigenvalue weighted by molar-refractivity contribution is 0.475. The Kier molecular flexibility index (Phi) is 3.60. The Morgan fingerprint density at radius 2 is 1.46 bits per heavy atom. The molecule has 4 rings (SSSR count). The van der Waals surface area contributed by atoms with Crippen molar-refractivity contribution in [1.82, 2.24) is 0 Å². The number of phenolic OH excluding ortho intramolecular Hbond substituents is 1. The highest BCUT2D eigenvalue weighted by Gasteiger charge is 2.06. The van der Waals surface area contributed by atoms with Crippen LogP contribution in [0.15, 0.2) is 94.3 Å². The van der Waals surface area contributed by atoms with Crippen molar-refractivity contribution in [2.75, 3.05) is 0 Å². The fourth-order valence-electron chi connectivity index (χ4n) is 2.62. The second-order valence-electron chi connectivity index (χ2n) is 5.49. The van der Waals surface area contributed by atoms with E-state index in [-0.39, 0.29) is 5.75 Å². The first kappa shape index (κ1) is 14.3. The third-order valence-corrected chi connectivity index (χ3v) is 3.81. The van der Waals surface area contributed by atoms with E-state index in [0.29, 0.717) is 5.76 Å². The summed E-state index contributed by atoms with van der Waals surface area (Å²) < 4.78 is 6.02. The molecular weight excluding hydrogens is 298 g/mol. The molecule has 0 aliphatic heterocycles. The summed E-state index contributed by atoms with van der Waals surface area (Å²) in [5.41, 5.74) is 2.56. The number of nitrogens with zero attached hydrogens (tertiary/aromatic N) is 1. The van der Waals surface area contributed by atoms with Gasteiger partial charge in [0.15, 0.2) is 0 Å². The van der Waals surface area contributed by atoms with Gasteiger partial charge in [0.25, 0.3) is 0 Å². The fourth-order valence-corrected chi connectivity index (χ4v) is 2.62. The fraction of sp³-hybridized carbons (Fsp3) is 0. The van der Waals surface area contributed by atoms with Gasteiger partial charge in [-0.15, -0.1) is 0 Å². The third kappa shape index (κ3) is 2.79. The molecule has 3 aromatic carbocycles. The zero-order chi connectivity index (χ0) is 16.4. The van der Waals surface area contributed by atoms with Gasteiger partial charge in [-0.25, -0.2) is 4.99 Å². The van der Waals surface area contributed by atoms with Crippen molar-refractivity contribution in [3.8, 4) is 17.1 Å². The Morgan fingerprint density at radius 1 is 0.750 bits per heavy atom. The summed E-state index contributed by atoms with van der Waals surface area (Å²) >= 11 is 0. The SMILES string of the molecule is Oc1ccc(-c2cc(=Nc3ccccc3)c3ccccc3o2)cc1. The van der Waals surface area contributed by atoms with Gasteiger partial charge in [0.2, 0.25) is 0 Å². The lowest BCUT2D eigenvalue weighted by Gasteiger charge is -2.05. The molecule has 0 saturated heterocycles. The number of benzene rings is 3. The van der Waals surface area contributed by atoms with Crippen LogP contribution in [0.3, 0.4) is 0 Å². The zero-order valence-corrected chi connectivity index (χ0v) is 12.9. The van der Waals surface area contributed by atoms with Gasteiger partial charge in [-0.1, -0.05) is 30.3 Å². The second kappa shape index (κ2) is 6.05. The molecule has 0 spiro atoms. The van der Waals surface area contributed by atoms with Gasteiger partial charge in [-0.2, -0.15) is 0 Å². The normalized spacial score (nSPS) is 11.8. The summed E-state index contributed by atoms with van der Waals surface area (Å²) in [6.45, 7) is 0. The minimum atomic E-state index is 0.230. The smallest absolute Gasteiger partial charge is 0.136 e. The molecule has 0 bridgehead atoms. The molecule has 1 N–H and O–H groups in total. The van der Waals surface area contributed by atoms with E-state index < -0.39 is 0 Å². The molecular formula is C21H15NO2. The summed E-state index contributed by atoms with van der Waals surface area (Å²) in [5, 5.41) is 11.3. The molecule has 1 aromatic heterocycles. The van der Waals surface area contributed by atoms with Crippen molar-refractivity contribution in [2.45, 2.75) is 0 Å². The summed E-state index contributed by atoms with van der Waals surface area (Å²) in [5.74, 6) is 0.942. The number of phenols is 1. The minimum absolute atomic E-state index is 0.230. The molecule has 24 heavy (non-hydrogen) atoms. The summed E-state index contributed by atoms with van der Waals surface area (Å²) in [6, 6.07) is 26.6. The van der Waals surface area contributed by atoms with Gasteiger partial charge < -0.3 is 9.52 Å². The van der Waals surface area contributed by atoms with Crippen LogP contribution < -0.4 is 5.36 Å². The van der Waals surface area contributed by atoms with Gasteiger partial charge in [-0.3, -0.25) is 0 Å². The molecule has 0 aliphatic carbocycles. The number of hydrogen-bond donors (Lipinski definition) is 1. The van der Waals surface area contributed by atoms with Crippen molar-refractivity contribution in [1.29, 1.82) is 0 Å². The maximum Gasteiger partial charge on any atom is 0.136 e. The molecule has 116 valence electrons. The Labute approximate surface area is 139 Å². The van der Waals surface area contributed by atoms with Crippen LogP contribution in [0.1, 0.15) is 0 Å². The Balaban J connectivity index is 1.98. The van der Waals surface area contributed by atoms with E-state index in [9.17, 15) is 5.11 Å². The molecule has 0 saturated carbocycles. The Hall–Kier alpha value is -3.33. The van der Waals surface area contributed by atoms with Crippen molar-refractivity contribution in [2.24, 2.45) is 4.99 Å².